The Balaban J connectivity index is 2.37. The maximum absolute atomic E-state index is 11.6. The van der Waals surface area contributed by atoms with E-state index in [2.05, 4.69) is 5.10 Å². The summed E-state index contributed by atoms with van der Waals surface area (Å²) in [7, 11) is 0. The van der Waals surface area contributed by atoms with E-state index in [4.69, 9.17) is 5.84 Å². The van der Waals surface area contributed by atoms with Crippen LogP contribution in [0.4, 0.5) is 5.69 Å². The molecule has 0 fully saturated rings. The molecule has 0 aromatic heterocycles. The van der Waals surface area contributed by atoms with Crippen molar-refractivity contribution in [1.29, 1.82) is 0 Å². The molecule has 0 aliphatic carbocycles. The predicted molar refractivity (Wildman–Crippen MR) is 65.5 cm³/mol. The van der Waals surface area contributed by atoms with E-state index in [0.717, 1.165) is 5.56 Å². The van der Waals surface area contributed by atoms with Crippen LogP contribution < -0.4 is 10.7 Å². The van der Waals surface area contributed by atoms with Crippen molar-refractivity contribution in [2.75, 3.05) is 4.90 Å². The second kappa shape index (κ2) is 4.39. The van der Waals surface area contributed by atoms with Gasteiger partial charge in [-0.3, -0.25) is 9.69 Å². The first-order chi connectivity index (χ1) is 8.13. The minimum atomic E-state index is -0.909. The summed E-state index contributed by atoms with van der Waals surface area (Å²) < 4.78 is 0. The number of amides is 1. The van der Waals surface area contributed by atoms with Crippen molar-refractivity contribution >= 4 is 17.3 Å². The molecule has 1 aromatic rings. The lowest BCUT2D eigenvalue weighted by molar-refractivity contribution is -0.114. The fraction of sp³-hybridized carbons (Fsp3) is 0.167. The fourth-order valence-corrected chi connectivity index (χ4v) is 1.70. The zero-order valence-electron chi connectivity index (χ0n) is 9.37. The summed E-state index contributed by atoms with van der Waals surface area (Å²) >= 11 is 0. The van der Waals surface area contributed by atoms with Crippen LogP contribution in [0.15, 0.2) is 41.5 Å². The summed E-state index contributed by atoms with van der Waals surface area (Å²) in [6, 6.07) is 7.15. The first-order valence-electron chi connectivity index (χ1n) is 5.18. The molecule has 1 aliphatic heterocycles. The van der Waals surface area contributed by atoms with E-state index in [9.17, 15) is 9.90 Å². The van der Waals surface area contributed by atoms with Gasteiger partial charge in [-0.2, -0.15) is 5.10 Å². The van der Waals surface area contributed by atoms with Crippen LogP contribution in [0.3, 0.4) is 0 Å². The Morgan fingerprint density at radius 2 is 2.29 bits per heavy atom. The smallest absolute Gasteiger partial charge is 0.253 e. The molecule has 1 heterocycles. The summed E-state index contributed by atoms with van der Waals surface area (Å²) in [5.41, 5.74) is 2.10. The van der Waals surface area contributed by atoms with Crippen LogP contribution in [-0.4, -0.2) is 23.0 Å². The summed E-state index contributed by atoms with van der Waals surface area (Å²) in [6.07, 6.45) is 1.88. The third-order valence-corrected chi connectivity index (χ3v) is 2.65. The highest BCUT2D eigenvalue weighted by atomic mass is 16.3. The molecule has 2 rings (SSSR count). The minimum absolute atomic E-state index is 0.239. The van der Waals surface area contributed by atoms with E-state index in [1.165, 1.54) is 17.1 Å². The third-order valence-electron chi connectivity index (χ3n) is 2.65. The molecule has 0 spiro atoms. The minimum Gasteiger partial charge on any atom is -0.369 e. The van der Waals surface area contributed by atoms with E-state index in [1.54, 1.807) is 25.1 Å². The average molecular weight is 231 g/mol. The lowest BCUT2D eigenvalue weighted by atomic mass is 10.1. The molecular formula is C12H13N3O2. The molecule has 1 unspecified atom stereocenters. The Morgan fingerprint density at radius 3 is 2.88 bits per heavy atom. The highest BCUT2D eigenvalue weighted by Gasteiger charge is 2.25. The van der Waals surface area contributed by atoms with Gasteiger partial charge in [-0.25, -0.2) is 0 Å². The lowest BCUT2D eigenvalue weighted by Crippen LogP contribution is -2.33. The molecule has 5 heteroatoms. The number of benzene rings is 1. The van der Waals surface area contributed by atoms with Crippen LogP contribution in [-0.2, 0) is 4.79 Å². The zero-order valence-corrected chi connectivity index (χ0v) is 9.37. The molecule has 17 heavy (non-hydrogen) atoms. The van der Waals surface area contributed by atoms with Crippen LogP contribution in [0.1, 0.15) is 12.5 Å². The number of nitrogens with zero attached hydrogens (tertiary/aromatic N) is 2. The Hall–Kier alpha value is -2.14. The number of hydrogen-bond acceptors (Lipinski definition) is 4. The summed E-state index contributed by atoms with van der Waals surface area (Å²) in [4.78, 5) is 12.9. The maximum atomic E-state index is 11.6. The van der Waals surface area contributed by atoms with Crippen molar-refractivity contribution in [2.24, 2.45) is 10.9 Å². The number of carbonyl (C=O) groups is 1. The predicted octanol–water partition coefficient (Wildman–Crippen LogP) is 0.591. The highest BCUT2D eigenvalue weighted by Crippen LogP contribution is 2.22. The summed E-state index contributed by atoms with van der Waals surface area (Å²) in [6.45, 7) is 1.78. The van der Waals surface area contributed by atoms with Gasteiger partial charge in [0, 0.05) is 11.8 Å². The van der Waals surface area contributed by atoms with Crippen molar-refractivity contribution in [3.8, 4) is 0 Å². The van der Waals surface area contributed by atoms with E-state index in [0.29, 0.717) is 11.4 Å². The van der Waals surface area contributed by atoms with Crippen LogP contribution in [0.5, 0.6) is 0 Å². The Labute approximate surface area is 98.8 Å². The van der Waals surface area contributed by atoms with Gasteiger partial charge in [0.1, 0.15) is 0 Å². The standard InChI is InChI=1S/C12H13N3O2/c1-8(14-13)9-3-2-4-10(7-9)15-11(16)5-6-12(15)17/h2-7,11,16H,13H2,1H3/b14-8+. The molecule has 3 N–H and O–H groups in total. The van der Waals surface area contributed by atoms with Gasteiger partial charge in [-0.15, -0.1) is 0 Å². The lowest BCUT2D eigenvalue weighted by Gasteiger charge is -2.21. The molecular weight excluding hydrogens is 218 g/mol. The Bertz CT molecular complexity index is 508. The van der Waals surface area contributed by atoms with E-state index in [1.807, 2.05) is 6.07 Å². The summed E-state index contributed by atoms with van der Waals surface area (Å²) in [5, 5.41) is 13.3. The number of hydrogen-bond donors (Lipinski definition) is 2. The second-order valence-electron chi connectivity index (χ2n) is 3.75. The number of aliphatic hydroxyl groups excluding tert-OH is 1. The third kappa shape index (κ3) is 2.05. The largest absolute Gasteiger partial charge is 0.369 e. The second-order valence-corrected chi connectivity index (χ2v) is 3.75. The van der Waals surface area contributed by atoms with Crippen molar-refractivity contribution in [1.82, 2.24) is 0 Å². The van der Waals surface area contributed by atoms with Gasteiger partial charge in [0.05, 0.1) is 5.71 Å². The average Bonchev–Trinajstić information content (AvgIpc) is 2.68. The molecule has 1 atom stereocenters. The normalized spacial score (nSPS) is 20.1. The molecule has 5 nitrogen and oxygen atoms in total. The Morgan fingerprint density at radius 1 is 1.53 bits per heavy atom. The van der Waals surface area contributed by atoms with Crippen LogP contribution in [0.2, 0.25) is 0 Å². The molecule has 1 aliphatic rings. The molecule has 0 saturated heterocycles. The quantitative estimate of drug-likeness (QED) is 0.444. The number of nitrogens with two attached hydrogens (primary N) is 1. The van der Waals surface area contributed by atoms with Gasteiger partial charge >= 0.3 is 0 Å². The van der Waals surface area contributed by atoms with Gasteiger partial charge in [0.15, 0.2) is 6.23 Å². The summed E-state index contributed by atoms with van der Waals surface area (Å²) in [5.74, 6) is 4.97. The SMILES string of the molecule is C/C(=N\N)c1cccc(N2C(=O)C=CC2O)c1. The first kappa shape index (κ1) is 11.3. The molecule has 0 saturated carbocycles. The first-order valence-corrected chi connectivity index (χ1v) is 5.18. The van der Waals surface area contributed by atoms with Crippen LogP contribution in [0.25, 0.3) is 0 Å². The fourth-order valence-electron chi connectivity index (χ4n) is 1.70. The number of aliphatic hydroxyl groups is 1. The number of rotatable bonds is 2. The Kier molecular flexibility index (Phi) is 2.93. The van der Waals surface area contributed by atoms with Crippen molar-refractivity contribution < 1.29 is 9.90 Å². The van der Waals surface area contributed by atoms with Gasteiger partial charge in [0.25, 0.3) is 5.91 Å². The van der Waals surface area contributed by atoms with Gasteiger partial charge < -0.3 is 10.9 Å². The number of hydrazone groups is 1. The highest BCUT2D eigenvalue weighted by molar-refractivity contribution is 6.06. The maximum Gasteiger partial charge on any atom is 0.253 e. The van der Waals surface area contributed by atoms with Crippen LogP contribution >= 0.6 is 0 Å². The number of carbonyl (C=O) groups excluding carboxylic acids is 1. The molecule has 88 valence electrons. The molecule has 0 bridgehead atoms. The van der Waals surface area contributed by atoms with E-state index >= 15 is 0 Å². The van der Waals surface area contributed by atoms with Crippen molar-refractivity contribution in [3.05, 3.63) is 42.0 Å². The van der Waals surface area contributed by atoms with Crippen molar-refractivity contribution in [2.45, 2.75) is 13.2 Å². The van der Waals surface area contributed by atoms with E-state index in [-0.39, 0.29) is 5.91 Å². The van der Waals surface area contributed by atoms with Crippen molar-refractivity contribution in [3.63, 3.8) is 0 Å². The van der Waals surface area contributed by atoms with E-state index < -0.39 is 6.23 Å². The topological polar surface area (TPSA) is 78.9 Å². The number of anilines is 1. The van der Waals surface area contributed by atoms with Gasteiger partial charge in [-0.1, -0.05) is 12.1 Å². The van der Waals surface area contributed by atoms with Gasteiger partial charge in [0.2, 0.25) is 0 Å². The monoisotopic (exact) mass is 231 g/mol. The molecule has 1 amide bonds. The molecule has 0 radical (unpaired) electrons. The van der Waals surface area contributed by atoms with Crippen LogP contribution in [0, 0.1) is 0 Å². The zero-order chi connectivity index (χ0) is 12.4. The van der Waals surface area contributed by atoms with Gasteiger partial charge in [-0.05, 0) is 30.7 Å². The molecule has 1 aromatic carbocycles.